The lowest BCUT2D eigenvalue weighted by atomic mass is 10.2. The number of carbonyl (C=O) groups is 1. The molecule has 0 bridgehead atoms. The molecule has 0 heterocycles. The first-order chi connectivity index (χ1) is 9.56. The summed E-state index contributed by atoms with van der Waals surface area (Å²) in [4.78, 5) is 13.8. The molecular weight excluding hydrogens is 316 g/mol. The number of halogens is 1. The normalized spacial score (nSPS) is 10.2. The van der Waals surface area contributed by atoms with Crippen molar-refractivity contribution < 1.29 is 4.79 Å². The highest BCUT2D eigenvalue weighted by Crippen LogP contribution is 2.18. The fourth-order valence-electron chi connectivity index (χ4n) is 1.90. The zero-order chi connectivity index (χ0) is 14.5. The van der Waals surface area contributed by atoms with E-state index < -0.39 is 0 Å². The molecule has 0 aromatic heterocycles. The average molecular weight is 333 g/mol. The third kappa shape index (κ3) is 3.84. The molecule has 104 valence electrons. The zero-order valence-electron chi connectivity index (χ0n) is 11.6. The Kier molecular flexibility index (Phi) is 4.79. The molecule has 0 atom stereocenters. The molecule has 0 saturated carbocycles. The summed E-state index contributed by atoms with van der Waals surface area (Å²) < 4.78 is 1.01. The van der Waals surface area contributed by atoms with Crippen LogP contribution in [-0.4, -0.2) is 18.0 Å². The SMILES string of the molecule is Cc1cccc(NC(=O)N(C)Cc2ccccc2Br)c1. The van der Waals surface area contributed by atoms with Gasteiger partial charge in [0.05, 0.1) is 0 Å². The van der Waals surface area contributed by atoms with Crippen LogP contribution in [0.5, 0.6) is 0 Å². The number of urea groups is 1. The van der Waals surface area contributed by atoms with E-state index in [-0.39, 0.29) is 6.03 Å². The van der Waals surface area contributed by atoms with Crippen molar-refractivity contribution in [2.24, 2.45) is 0 Å². The van der Waals surface area contributed by atoms with Gasteiger partial charge in [0.25, 0.3) is 0 Å². The van der Waals surface area contributed by atoms with E-state index >= 15 is 0 Å². The average Bonchev–Trinajstić information content (AvgIpc) is 2.41. The number of hydrogen-bond acceptors (Lipinski definition) is 1. The van der Waals surface area contributed by atoms with Crippen LogP contribution in [0.15, 0.2) is 53.0 Å². The Labute approximate surface area is 127 Å². The minimum atomic E-state index is -0.119. The van der Waals surface area contributed by atoms with E-state index in [4.69, 9.17) is 0 Å². The van der Waals surface area contributed by atoms with Crippen molar-refractivity contribution in [3.05, 3.63) is 64.1 Å². The second-order valence-corrected chi connectivity index (χ2v) is 5.60. The lowest BCUT2D eigenvalue weighted by Crippen LogP contribution is -2.30. The Morgan fingerprint density at radius 1 is 1.20 bits per heavy atom. The van der Waals surface area contributed by atoms with Crippen LogP contribution in [0.1, 0.15) is 11.1 Å². The molecule has 0 saturated heterocycles. The quantitative estimate of drug-likeness (QED) is 0.886. The van der Waals surface area contributed by atoms with Crippen molar-refractivity contribution in [1.29, 1.82) is 0 Å². The second-order valence-electron chi connectivity index (χ2n) is 4.75. The van der Waals surface area contributed by atoms with Crippen molar-refractivity contribution in [1.82, 2.24) is 4.90 Å². The monoisotopic (exact) mass is 332 g/mol. The molecule has 1 N–H and O–H groups in total. The summed E-state index contributed by atoms with van der Waals surface area (Å²) in [6.45, 7) is 2.56. The van der Waals surface area contributed by atoms with Crippen molar-refractivity contribution >= 4 is 27.6 Å². The zero-order valence-corrected chi connectivity index (χ0v) is 13.1. The maximum absolute atomic E-state index is 12.1. The molecule has 4 heteroatoms. The smallest absolute Gasteiger partial charge is 0.321 e. The Morgan fingerprint density at radius 3 is 2.65 bits per heavy atom. The maximum atomic E-state index is 12.1. The number of rotatable bonds is 3. The molecule has 0 spiro atoms. The van der Waals surface area contributed by atoms with Crippen molar-refractivity contribution in [3.8, 4) is 0 Å². The maximum Gasteiger partial charge on any atom is 0.321 e. The Bertz CT molecular complexity index is 613. The number of nitrogens with zero attached hydrogens (tertiary/aromatic N) is 1. The molecule has 0 aliphatic rings. The Hall–Kier alpha value is -1.81. The standard InChI is InChI=1S/C16H17BrN2O/c1-12-6-5-8-14(10-12)18-16(20)19(2)11-13-7-3-4-9-15(13)17/h3-10H,11H2,1-2H3,(H,18,20). The summed E-state index contributed by atoms with van der Waals surface area (Å²) in [6, 6.07) is 15.5. The van der Waals surface area contributed by atoms with Crippen LogP contribution in [0.3, 0.4) is 0 Å². The highest BCUT2D eigenvalue weighted by atomic mass is 79.9. The minimum Gasteiger partial charge on any atom is -0.323 e. The van der Waals surface area contributed by atoms with E-state index in [0.717, 1.165) is 21.3 Å². The van der Waals surface area contributed by atoms with Gasteiger partial charge < -0.3 is 10.2 Å². The van der Waals surface area contributed by atoms with Crippen molar-refractivity contribution in [2.75, 3.05) is 12.4 Å². The molecule has 0 radical (unpaired) electrons. The van der Waals surface area contributed by atoms with Crippen LogP contribution in [-0.2, 0) is 6.54 Å². The molecule has 0 aliphatic heterocycles. The number of aryl methyl sites for hydroxylation is 1. The van der Waals surface area contributed by atoms with Gasteiger partial charge in [-0.05, 0) is 36.2 Å². The first-order valence-electron chi connectivity index (χ1n) is 6.38. The number of hydrogen-bond donors (Lipinski definition) is 1. The lowest BCUT2D eigenvalue weighted by Gasteiger charge is -2.19. The van der Waals surface area contributed by atoms with Gasteiger partial charge in [0, 0.05) is 23.8 Å². The van der Waals surface area contributed by atoms with Gasteiger partial charge in [-0.2, -0.15) is 0 Å². The molecule has 2 aromatic rings. The van der Waals surface area contributed by atoms with E-state index in [0.29, 0.717) is 6.54 Å². The predicted octanol–water partition coefficient (Wildman–Crippen LogP) is 4.42. The first kappa shape index (κ1) is 14.6. The summed E-state index contributed by atoms with van der Waals surface area (Å²) in [5, 5.41) is 2.89. The molecule has 0 aliphatic carbocycles. The van der Waals surface area contributed by atoms with E-state index in [1.165, 1.54) is 0 Å². The summed E-state index contributed by atoms with van der Waals surface area (Å²) in [5.74, 6) is 0. The fourth-order valence-corrected chi connectivity index (χ4v) is 2.31. The van der Waals surface area contributed by atoms with Crippen molar-refractivity contribution in [3.63, 3.8) is 0 Å². The molecule has 2 aromatic carbocycles. The van der Waals surface area contributed by atoms with Gasteiger partial charge in [-0.1, -0.05) is 46.3 Å². The summed E-state index contributed by atoms with van der Waals surface area (Å²) in [5.41, 5.74) is 3.01. The molecule has 3 nitrogen and oxygen atoms in total. The van der Waals surface area contributed by atoms with Crippen LogP contribution >= 0.6 is 15.9 Å². The van der Waals surface area contributed by atoms with Gasteiger partial charge >= 0.3 is 6.03 Å². The third-order valence-electron chi connectivity index (χ3n) is 2.98. The molecule has 2 rings (SSSR count). The van der Waals surface area contributed by atoms with Crippen LogP contribution in [0.4, 0.5) is 10.5 Å². The highest BCUT2D eigenvalue weighted by molar-refractivity contribution is 9.10. The second kappa shape index (κ2) is 6.57. The lowest BCUT2D eigenvalue weighted by molar-refractivity contribution is 0.220. The highest BCUT2D eigenvalue weighted by Gasteiger charge is 2.10. The Morgan fingerprint density at radius 2 is 1.95 bits per heavy atom. The molecule has 2 amide bonds. The number of nitrogens with one attached hydrogen (secondary N) is 1. The van der Waals surface area contributed by atoms with E-state index in [1.54, 1.807) is 11.9 Å². The van der Waals surface area contributed by atoms with Crippen LogP contribution in [0.2, 0.25) is 0 Å². The van der Waals surface area contributed by atoms with Gasteiger partial charge in [-0.3, -0.25) is 0 Å². The Balaban J connectivity index is 2.01. The third-order valence-corrected chi connectivity index (χ3v) is 3.76. The fraction of sp³-hybridized carbons (Fsp3) is 0.188. The molecule has 0 unspecified atom stereocenters. The largest absolute Gasteiger partial charge is 0.323 e. The van der Waals surface area contributed by atoms with E-state index in [1.807, 2.05) is 55.5 Å². The van der Waals surface area contributed by atoms with Crippen molar-refractivity contribution in [2.45, 2.75) is 13.5 Å². The number of carbonyl (C=O) groups excluding carboxylic acids is 1. The summed E-state index contributed by atoms with van der Waals surface area (Å²) in [7, 11) is 1.78. The van der Waals surface area contributed by atoms with Crippen LogP contribution < -0.4 is 5.32 Å². The molecular formula is C16H17BrN2O. The number of benzene rings is 2. The number of amides is 2. The summed E-state index contributed by atoms with van der Waals surface area (Å²) >= 11 is 3.49. The van der Waals surface area contributed by atoms with E-state index in [9.17, 15) is 4.79 Å². The summed E-state index contributed by atoms with van der Waals surface area (Å²) in [6.07, 6.45) is 0. The van der Waals surface area contributed by atoms with Crippen LogP contribution in [0.25, 0.3) is 0 Å². The molecule has 20 heavy (non-hydrogen) atoms. The first-order valence-corrected chi connectivity index (χ1v) is 7.18. The van der Waals surface area contributed by atoms with Gasteiger partial charge in [0.15, 0.2) is 0 Å². The van der Waals surface area contributed by atoms with Gasteiger partial charge in [0.1, 0.15) is 0 Å². The topological polar surface area (TPSA) is 32.3 Å². The van der Waals surface area contributed by atoms with E-state index in [2.05, 4.69) is 21.2 Å². The van der Waals surface area contributed by atoms with Crippen LogP contribution in [0, 0.1) is 6.92 Å². The van der Waals surface area contributed by atoms with Gasteiger partial charge in [-0.15, -0.1) is 0 Å². The van der Waals surface area contributed by atoms with Gasteiger partial charge in [-0.25, -0.2) is 4.79 Å². The number of anilines is 1. The minimum absolute atomic E-state index is 0.119. The van der Waals surface area contributed by atoms with Gasteiger partial charge in [0.2, 0.25) is 0 Å². The predicted molar refractivity (Wildman–Crippen MR) is 85.8 cm³/mol. The molecule has 0 fully saturated rings.